The van der Waals surface area contributed by atoms with Crippen LogP contribution < -0.4 is 14.2 Å². The highest BCUT2D eigenvalue weighted by molar-refractivity contribution is 7.89. The molecule has 0 unspecified atom stereocenters. The molecule has 0 radical (unpaired) electrons. The predicted molar refractivity (Wildman–Crippen MR) is 107 cm³/mol. The number of aromatic nitrogens is 3. The topological polar surface area (TPSA) is 103 Å². The average molecular weight is 414 g/mol. The number of fused-ring (bicyclic) bond motifs is 1. The van der Waals surface area contributed by atoms with Gasteiger partial charge in [0.05, 0.1) is 12.6 Å². The van der Waals surface area contributed by atoms with Crippen molar-refractivity contribution in [3.63, 3.8) is 0 Å². The number of hydrogen-bond acceptors (Lipinski definition) is 7. The Bertz CT molecular complexity index is 1090. The smallest absolute Gasteiger partial charge is 0.278 e. The van der Waals surface area contributed by atoms with Crippen LogP contribution in [0, 0.1) is 0 Å². The molecule has 0 amide bonds. The van der Waals surface area contributed by atoms with E-state index in [1.807, 2.05) is 12.1 Å². The summed E-state index contributed by atoms with van der Waals surface area (Å²) in [4.78, 5) is 12.7. The molecule has 1 aromatic carbocycles. The van der Waals surface area contributed by atoms with Gasteiger partial charge in [0.1, 0.15) is 11.0 Å². The van der Waals surface area contributed by atoms with Gasteiger partial charge in [-0.25, -0.2) is 23.1 Å². The van der Waals surface area contributed by atoms with Crippen LogP contribution in [0.2, 0.25) is 0 Å². The minimum Gasteiger partial charge on any atom is -0.477 e. The number of rotatable bonds is 6. The van der Waals surface area contributed by atoms with Crippen molar-refractivity contribution in [1.82, 2.24) is 19.7 Å². The molecule has 1 aliphatic rings. The molecule has 0 saturated heterocycles. The van der Waals surface area contributed by atoms with Crippen molar-refractivity contribution in [2.45, 2.75) is 42.7 Å². The molecule has 1 saturated carbocycles. The van der Waals surface area contributed by atoms with Crippen molar-refractivity contribution in [2.24, 2.45) is 0 Å². The third-order valence-corrected chi connectivity index (χ3v) is 6.54. The molecule has 0 aliphatic heterocycles. The van der Waals surface area contributed by atoms with Crippen LogP contribution >= 0.6 is 0 Å². The lowest BCUT2D eigenvalue weighted by atomic mass is 9.94. The lowest BCUT2D eigenvalue weighted by Gasteiger charge is -2.29. The molecular formula is C20H22N4O4S. The summed E-state index contributed by atoms with van der Waals surface area (Å²) in [6, 6.07) is 8.67. The monoisotopic (exact) mass is 414 g/mol. The standard InChI is InChI=1S/C20H22N4O4S/c1-27-19-20(23-13-12-22-19)28-16-9-7-15(8-10-16)24-29(25,26)17-6-2-4-14-5-3-11-21-18(14)17/h2-6,11-13,15-16,24H,7-10H2,1H3. The van der Waals surface area contributed by atoms with Gasteiger partial charge in [0.2, 0.25) is 10.0 Å². The summed E-state index contributed by atoms with van der Waals surface area (Å²) in [5.74, 6) is 0.708. The van der Waals surface area contributed by atoms with Crippen molar-refractivity contribution in [2.75, 3.05) is 7.11 Å². The van der Waals surface area contributed by atoms with Gasteiger partial charge >= 0.3 is 0 Å². The van der Waals surface area contributed by atoms with Gasteiger partial charge in [0.25, 0.3) is 11.8 Å². The maximum atomic E-state index is 13.0. The molecular weight excluding hydrogens is 392 g/mol. The lowest BCUT2D eigenvalue weighted by molar-refractivity contribution is 0.132. The first kappa shape index (κ1) is 19.5. The normalized spacial score (nSPS) is 19.8. The minimum absolute atomic E-state index is 0.0550. The second-order valence-electron chi connectivity index (χ2n) is 6.91. The van der Waals surface area contributed by atoms with E-state index in [2.05, 4.69) is 19.7 Å². The molecule has 0 atom stereocenters. The maximum absolute atomic E-state index is 13.0. The predicted octanol–water partition coefficient (Wildman–Crippen LogP) is 2.70. The van der Waals surface area contributed by atoms with Crippen molar-refractivity contribution >= 4 is 20.9 Å². The molecule has 2 aromatic heterocycles. The third kappa shape index (κ3) is 4.30. The fourth-order valence-electron chi connectivity index (χ4n) is 3.57. The lowest BCUT2D eigenvalue weighted by Crippen LogP contribution is -2.39. The van der Waals surface area contributed by atoms with E-state index in [-0.39, 0.29) is 17.0 Å². The summed E-state index contributed by atoms with van der Waals surface area (Å²) in [7, 11) is -2.15. The molecule has 1 aliphatic carbocycles. The first-order valence-corrected chi connectivity index (χ1v) is 10.9. The summed E-state index contributed by atoms with van der Waals surface area (Å²) in [6.45, 7) is 0. The average Bonchev–Trinajstić information content (AvgIpc) is 2.75. The molecule has 29 heavy (non-hydrogen) atoms. The summed E-state index contributed by atoms with van der Waals surface area (Å²) in [5.41, 5.74) is 0.481. The Balaban J connectivity index is 1.41. The zero-order valence-electron chi connectivity index (χ0n) is 16.0. The van der Waals surface area contributed by atoms with Crippen molar-refractivity contribution in [3.05, 3.63) is 48.9 Å². The number of para-hydroxylation sites is 1. The van der Waals surface area contributed by atoms with Crippen LogP contribution in [0.5, 0.6) is 11.8 Å². The van der Waals surface area contributed by atoms with Gasteiger partial charge in [0, 0.05) is 30.0 Å². The summed E-state index contributed by atoms with van der Waals surface area (Å²) < 4.78 is 39.8. The Morgan fingerprint density at radius 3 is 2.41 bits per heavy atom. The molecule has 152 valence electrons. The summed E-state index contributed by atoms with van der Waals surface area (Å²) >= 11 is 0. The molecule has 8 nitrogen and oxygen atoms in total. The van der Waals surface area contributed by atoms with E-state index in [0.717, 1.165) is 5.39 Å². The Morgan fingerprint density at radius 1 is 0.931 bits per heavy atom. The molecule has 4 rings (SSSR count). The summed E-state index contributed by atoms with van der Waals surface area (Å²) in [5, 5.41) is 0.797. The highest BCUT2D eigenvalue weighted by Crippen LogP contribution is 2.28. The van der Waals surface area contributed by atoms with Crippen molar-refractivity contribution in [1.29, 1.82) is 0 Å². The van der Waals surface area contributed by atoms with Crippen LogP contribution in [0.1, 0.15) is 25.7 Å². The van der Waals surface area contributed by atoms with Gasteiger partial charge in [-0.15, -0.1) is 0 Å². The van der Waals surface area contributed by atoms with E-state index in [0.29, 0.717) is 43.0 Å². The molecule has 1 fully saturated rings. The number of pyridine rings is 1. The van der Waals surface area contributed by atoms with Crippen LogP contribution in [0.15, 0.2) is 53.8 Å². The van der Waals surface area contributed by atoms with Crippen molar-refractivity contribution in [3.8, 4) is 11.8 Å². The van der Waals surface area contributed by atoms with E-state index in [4.69, 9.17) is 9.47 Å². The quantitative estimate of drug-likeness (QED) is 0.661. The SMILES string of the molecule is COc1nccnc1OC1CCC(NS(=O)(=O)c2cccc3cccnc23)CC1. The Morgan fingerprint density at radius 2 is 1.66 bits per heavy atom. The highest BCUT2D eigenvalue weighted by Gasteiger charge is 2.28. The van der Waals surface area contributed by atoms with Crippen LogP contribution in [0.4, 0.5) is 0 Å². The Hall–Kier alpha value is -2.78. The number of sulfonamides is 1. The molecule has 1 N–H and O–H groups in total. The molecule has 3 aromatic rings. The van der Waals surface area contributed by atoms with Crippen LogP contribution in [-0.4, -0.2) is 42.6 Å². The van der Waals surface area contributed by atoms with E-state index in [1.54, 1.807) is 36.8 Å². The van der Waals surface area contributed by atoms with E-state index in [9.17, 15) is 8.42 Å². The largest absolute Gasteiger partial charge is 0.477 e. The second-order valence-corrected chi connectivity index (χ2v) is 8.60. The first-order valence-electron chi connectivity index (χ1n) is 9.44. The van der Waals surface area contributed by atoms with Gasteiger partial charge in [0.15, 0.2) is 0 Å². The zero-order valence-corrected chi connectivity index (χ0v) is 16.8. The number of hydrogen-bond donors (Lipinski definition) is 1. The number of benzene rings is 1. The fraction of sp³-hybridized carbons (Fsp3) is 0.350. The number of nitrogens with zero attached hydrogens (tertiary/aromatic N) is 3. The maximum Gasteiger partial charge on any atom is 0.278 e. The van der Waals surface area contributed by atoms with E-state index >= 15 is 0 Å². The van der Waals surface area contributed by atoms with Gasteiger partial charge in [-0.1, -0.05) is 18.2 Å². The molecule has 2 heterocycles. The van der Waals surface area contributed by atoms with E-state index < -0.39 is 10.0 Å². The molecule has 0 spiro atoms. The van der Waals surface area contributed by atoms with Gasteiger partial charge < -0.3 is 9.47 Å². The van der Waals surface area contributed by atoms with Gasteiger partial charge in [-0.3, -0.25) is 4.98 Å². The molecule has 0 bridgehead atoms. The number of nitrogens with one attached hydrogen (secondary N) is 1. The summed E-state index contributed by atoms with van der Waals surface area (Å²) in [6.07, 6.45) is 7.40. The van der Waals surface area contributed by atoms with Crippen LogP contribution in [0.25, 0.3) is 10.9 Å². The molecule has 9 heteroatoms. The second kappa shape index (κ2) is 8.30. The Kier molecular flexibility index (Phi) is 5.59. The number of methoxy groups -OCH3 is 1. The van der Waals surface area contributed by atoms with Gasteiger partial charge in [-0.05, 0) is 37.8 Å². The highest BCUT2D eigenvalue weighted by atomic mass is 32.2. The zero-order chi connectivity index (χ0) is 20.3. The van der Waals surface area contributed by atoms with Gasteiger partial charge in [-0.2, -0.15) is 0 Å². The Labute approximate surface area is 169 Å². The number of ether oxygens (including phenoxy) is 2. The van der Waals surface area contributed by atoms with Crippen LogP contribution in [0.3, 0.4) is 0 Å². The van der Waals surface area contributed by atoms with Crippen LogP contribution in [-0.2, 0) is 10.0 Å². The first-order chi connectivity index (χ1) is 14.1. The van der Waals surface area contributed by atoms with Crippen molar-refractivity contribution < 1.29 is 17.9 Å². The third-order valence-electron chi connectivity index (χ3n) is 4.99. The van der Waals surface area contributed by atoms with E-state index in [1.165, 1.54) is 7.11 Å². The minimum atomic E-state index is -3.67. The fourth-order valence-corrected chi connectivity index (χ4v) is 5.05.